The number of aromatic nitrogens is 10. The number of amides is 2. The van der Waals surface area contributed by atoms with E-state index in [9.17, 15) is 28.9 Å². The van der Waals surface area contributed by atoms with Crippen LogP contribution < -0.4 is 40.9 Å². The third-order valence-electron chi connectivity index (χ3n) is 18.5. The highest BCUT2D eigenvalue weighted by Crippen LogP contribution is 2.40. The van der Waals surface area contributed by atoms with Crippen LogP contribution in [0.15, 0.2) is 110 Å². The summed E-state index contributed by atoms with van der Waals surface area (Å²) in [4.78, 5) is 73.1. The number of hydrogen-bond donors (Lipinski definition) is 4. The molecule has 12 heterocycles. The van der Waals surface area contributed by atoms with Gasteiger partial charge in [0.25, 0.3) is 0 Å². The molecule has 0 unspecified atom stereocenters. The lowest BCUT2D eigenvalue weighted by Crippen LogP contribution is -2.47. The van der Waals surface area contributed by atoms with Crippen LogP contribution in [0.25, 0.3) is 56.1 Å². The Morgan fingerprint density at radius 3 is 1.22 bits per heavy atom. The molecule has 4 fully saturated rings. The first-order chi connectivity index (χ1) is 48.2. The number of piperidine rings is 4. The largest absolute Gasteiger partial charge is 0.353 e. The third-order valence-corrected chi connectivity index (χ3v) is 20.6. The Hall–Kier alpha value is -9.86. The van der Waals surface area contributed by atoms with E-state index in [0.29, 0.717) is 74.2 Å². The van der Waals surface area contributed by atoms with E-state index in [4.69, 9.17) is 41.2 Å². The van der Waals surface area contributed by atoms with E-state index in [1.165, 1.54) is 46.9 Å². The Labute approximate surface area is 593 Å². The molecule has 22 nitrogen and oxygen atoms in total. The maximum atomic E-state index is 13.6. The Morgan fingerprint density at radius 1 is 0.550 bits per heavy atom. The van der Waals surface area contributed by atoms with Gasteiger partial charge in [-0.25, -0.2) is 48.7 Å². The van der Waals surface area contributed by atoms with E-state index in [-0.39, 0.29) is 62.2 Å². The van der Waals surface area contributed by atoms with Crippen molar-refractivity contribution >= 4 is 79.6 Å². The van der Waals surface area contributed by atoms with Crippen molar-refractivity contribution < 1.29 is 19.7 Å². The number of imidazole rings is 2. The van der Waals surface area contributed by atoms with Crippen molar-refractivity contribution in [3.05, 3.63) is 143 Å². The van der Waals surface area contributed by atoms with Gasteiger partial charge in [0.15, 0.2) is 10.3 Å². The van der Waals surface area contributed by atoms with Crippen LogP contribution in [0.1, 0.15) is 116 Å². The minimum atomic E-state index is -0.340. The monoisotopic (exact) mass is 1390 g/mol. The van der Waals surface area contributed by atoms with E-state index in [2.05, 4.69) is 57.1 Å². The highest BCUT2D eigenvalue weighted by molar-refractivity contribution is 7.17. The van der Waals surface area contributed by atoms with Crippen LogP contribution in [-0.2, 0) is 22.4 Å². The molecule has 100 heavy (non-hydrogen) atoms. The molecule has 0 saturated carbocycles. The van der Waals surface area contributed by atoms with Crippen molar-refractivity contribution in [3.63, 3.8) is 0 Å². The van der Waals surface area contributed by atoms with Crippen molar-refractivity contribution in [1.29, 1.82) is 10.5 Å². The van der Waals surface area contributed by atoms with Crippen molar-refractivity contribution in [2.24, 2.45) is 11.8 Å². The van der Waals surface area contributed by atoms with Gasteiger partial charge in [-0.1, -0.05) is 65.2 Å². The first-order valence-corrected chi connectivity index (χ1v) is 35.2. The molecular weight excluding hydrogens is 1300 g/mol. The lowest BCUT2D eigenvalue weighted by molar-refractivity contribution is -0.127. The molecule has 0 bridgehead atoms. The summed E-state index contributed by atoms with van der Waals surface area (Å²) >= 11 is 2.57. The predicted octanol–water partition coefficient (Wildman–Crippen LogP) is 13.0. The average Bonchev–Trinajstić information content (AvgIpc) is 1.62. The Kier molecular flexibility index (Phi) is 23.8. The number of fused-ring (bicyclic) bond motifs is 2. The number of carbonyl (C=O) groups excluding carboxylic acids is 2. The lowest BCUT2D eigenvalue weighted by atomic mass is 9.95. The standard InChI is InChI=1S/2C35H37FN10OS.C2H6.2CH4/c2*1-3-28-33(44(2)35-43-31(29(18-37)48-35)22-4-7-26(36)8-5-22)46-21-24(6-9-30(46)42-28)25-19-39-34(40-20-25)45-16-12-23(13-17-45)32(47)41-27-10-14-38-15-11-27;1-2;;/h2*4-9,19-21,23,27,38H,3,10-17H2,1-2H3,(H,41,47);1-2H3;2*1H4/i;;1D;;. The van der Waals surface area contributed by atoms with Crippen LogP contribution in [0, 0.1) is 46.1 Å². The average molecular weight is 1390 g/mol. The number of pyridine rings is 2. The molecule has 4 saturated heterocycles. The summed E-state index contributed by atoms with van der Waals surface area (Å²) in [6.07, 6.45) is 19.9. The van der Waals surface area contributed by atoms with Crippen LogP contribution in [-0.4, -0.2) is 139 Å². The number of halogens is 2. The lowest BCUT2D eigenvalue weighted by Gasteiger charge is -2.32. The highest BCUT2D eigenvalue weighted by Gasteiger charge is 2.31. The number of anilines is 6. The van der Waals surface area contributed by atoms with Gasteiger partial charge in [0, 0.05) is 136 Å². The molecule has 2 amide bonds. The van der Waals surface area contributed by atoms with Crippen molar-refractivity contribution in [1.82, 2.24) is 69.9 Å². The second kappa shape index (κ2) is 33.3. The van der Waals surface area contributed by atoms with Gasteiger partial charge in [0.1, 0.15) is 67.8 Å². The molecule has 4 N–H and O–H groups in total. The summed E-state index contributed by atoms with van der Waals surface area (Å²) in [6, 6.07) is 25.1. The number of benzene rings is 2. The molecule has 4 aliphatic rings. The summed E-state index contributed by atoms with van der Waals surface area (Å²) in [7, 11) is 3.84. The predicted molar refractivity (Wildman–Crippen MR) is 395 cm³/mol. The van der Waals surface area contributed by atoms with Crippen molar-refractivity contribution in [2.75, 3.05) is 86.1 Å². The molecule has 0 aliphatic carbocycles. The molecule has 10 aromatic rings. The first kappa shape index (κ1) is 71.4. The molecule has 14 rings (SSSR count). The Balaban J connectivity index is 0.000000206. The fraction of sp³-hybridized carbons (Fsp3) is 0.405. The number of carbonyl (C=O) groups is 2. The van der Waals surface area contributed by atoms with Crippen molar-refractivity contribution in [2.45, 2.75) is 119 Å². The molecule has 0 atom stereocenters. The molecule has 522 valence electrons. The number of thiazole rings is 2. The zero-order valence-electron chi connectivity index (χ0n) is 56.7. The molecule has 4 aliphatic heterocycles. The number of nitrogens with one attached hydrogen (secondary N) is 4. The highest BCUT2D eigenvalue weighted by atomic mass is 32.1. The zero-order chi connectivity index (χ0) is 69.1. The van der Waals surface area contributed by atoms with Gasteiger partial charge in [-0.15, -0.1) is 0 Å². The molecule has 2 aromatic carbocycles. The quantitative estimate of drug-likeness (QED) is 0.0701. The maximum absolute atomic E-state index is 13.6. The van der Waals surface area contributed by atoms with Crippen LogP contribution in [0.2, 0.25) is 0 Å². The number of rotatable bonds is 16. The number of hydrogen-bond acceptors (Lipinski definition) is 20. The molecule has 26 heteroatoms. The van der Waals surface area contributed by atoms with Gasteiger partial charge in [0.05, 0.1) is 11.4 Å². The summed E-state index contributed by atoms with van der Waals surface area (Å²) in [5.74, 6) is 2.78. The molecule has 8 aromatic heterocycles. The zero-order valence-corrected chi connectivity index (χ0v) is 57.3. The van der Waals surface area contributed by atoms with E-state index < -0.39 is 0 Å². The van der Waals surface area contributed by atoms with Gasteiger partial charge < -0.3 is 40.9 Å². The van der Waals surface area contributed by atoms with Gasteiger partial charge in [0.2, 0.25) is 23.7 Å². The second-order valence-corrected chi connectivity index (χ2v) is 26.6. The maximum Gasteiger partial charge on any atom is 0.225 e. The summed E-state index contributed by atoms with van der Waals surface area (Å²) < 4.78 is 37.4. The minimum absolute atomic E-state index is 0. The van der Waals surface area contributed by atoms with Crippen LogP contribution in [0.5, 0.6) is 0 Å². The van der Waals surface area contributed by atoms with Crippen LogP contribution in [0.3, 0.4) is 0 Å². The second-order valence-electron chi connectivity index (χ2n) is 24.6. The van der Waals surface area contributed by atoms with Crippen LogP contribution >= 0.6 is 22.7 Å². The fourth-order valence-electron chi connectivity index (χ4n) is 13.1. The Bertz CT molecular complexity index is 4220. The molecule has 0 radical (unpaired) electrons. The molecule has 0 spiro atoms. The van der Waals surface area contributed by atoms with E-state index in [0.717, 1.165) is 160 Å². The number of nitriles is 2. The summed E-state index contributed by atoms with van der Waals surface area (Å²) in [5, 5.41) is 34.2. The van der Waals surface area contributed by atoms with Crippen molar-refractivity contribution in [3.8, 4) is 56.9 Å². The van der Waals surface area contributed by atoms with E-state index in [1.54, 1.807) is 31.2 Å². The Morgan fingerprint density at radius 2 is 0.890 bits per heavy atom. The summed E-state index contributed by atoms with van der Waals surface area (Å²) in [6.45, 7) is 13.2. The van der Waals surface area contributed by atoms with E-state index >= 15 is 0 Å². The topological polar surface area (TPSA) is 255 Å². The third kappa shape index (κ3) is 16.1. The van der Waals surface area contributed by atoms with Gasteiger partial charge >= 0.3 is 0 Å². The fourth-order valence-corrected chi connectivity index (χ4v) is 14.8. The SMILES string of the molecule is C.C.CCc1nc2ccc(-c3cnc(N4CCC(C(=O)NC5CCNCC5)CC4)nc3)cn2c1N(C)c1nc(-c2ccc(F)cc2)c(C#N)s1.CCc1nc2ccc(-c3cnc(N4CCC(C(=O)NC5CCNCC5)CC4)nc3)cn2c1N(C)c1nc(-c2ccc(F)cc2)c(C#N)s1.[2H]CC. The number of nitrogens with zero attached hydrogens (tertiary/aromatic N) is 16. The van der Waals surface area contributed by atoms with Gasteiger partial charge in [-0.3, -0.25) is 18.4 Å². The molecular formula is C74H88F2N20O2S2. The van der Waals surface area contributed by atoms with E-state index in [1.807, 2.05) is 94.1 Å². The summed E-state index contributed by atoms with van der Waals surface area (Å²) in [5.41, 5.74) is 9.40. The van der Waals surface area contributed by atoms with Gasteiger partial charge in [-0.2, -0.15) is 10.5 Å². The first-order valence-electron chi connectivity index (χ1n) is 34.2. The normalized spacial score (nSPS) is 15.4. The smallest absolute Gasteiger partial charge is 0.225 e. The van der Waals surface area contributed by atoms with Crippen LogP contribution in [0.4, 0.5) is 42.6 Å². The minimum Gasteiger partial charge on any atom is -0.353 e. The number of aryl methyl sites for hydroxylation is 2. The van der Waals surface area contributed by atoms with Gasteiger partial charge in [-0.05, 0) is 163 Å².